The highest BCUT2D eigenvalue weighted by atomic mass is 32.1. The van der Waals surface area contributed by atoms with Crippen LogP contribution in [0.15, 0.2) is 60.2 Å². The van der Waals surface area contributed by atoms with Crippen LogP contribution in [0, 0.1) is 0 Å². The average molecular weight is 449 g/mol. The molecule has 1 amide bonds. The molecule has 162 valence electrons. The zero-order chi connectivity index (χ0) is 21.9. The Labute approximate surface area is 187 Å². The highest BCUT2D eigenvalue weighted by Gasteiger charge is 2.20. The van der Waals surface area contributed by atoms with Gasteiger partial charge in [0.15, 0.2) is 5.65 Å². The number of ketones is 1. The summed E-state index contributed by atoms with van der Waals surface area (Å²) in [6.07, 6.45) is 3.98. The Hall–Kier alpha value is -3.56. The van der Waals surface area contributed by atoms with Gasteiger partial charge in [-0.25, -0.2) is 14.3 Å². The van der Waals surface area contributed by atoms with Crippen molar-refractivity contribution in [3.8, 4) is 11.3 Å². The molecule has 0 unspecified atom stereocenters. The predicted molar refractivity (Wildman–Crippen MR) is 120 cm³/mol. The molecule has 1 N–H and O–H groups in total. The normalized spacial score (nSPS) is 14.4. The molecule has 5 rings (SSSR count). The summed E-state index contributed by atoms with van der Waals surface area (Å²) in [5, 5.41) is 9.06. The van der Waals surface area contributed by atoms with Gasteiger partial charge in [0.1, 0.15) is 6.10 Å². The van der Waals surface area contributed by atoms with Crippen molar-refractivity contribution in [3.63, 3.8) is 0 Å². The first-order chi connectivity index (χ1) is 15.7. The van der Waals surface area contributed by atoms with E-state index >= 15 is 0 Å². The minimum Gasteiger partial charge on any atom is -0.446 e. The number of hydrogen-bond donors (Lipinski definition) is 1. The number of carbonyl (C=O) groups is 2. The molecule has 1 aliphatic heterocycles. The molecule has 0 radical (unpaired) electrons. The van der Waals surface area contributed by atoms with Gasteiger partial charge in [-0.05, 0) is 29.6 Å². The summed E-state index contributed by atoms with van der Waals surface area (Å²) in [5.41, 5.74) is 3.11. The molecule has 9 heteroatoms. The number of fused-ring (bicyclic) bond motifs is 1. The Morgan fingerprint density at radius 2 is 2.03 bits per heavy atom. The summed E-state index contributed by atoms with van der Waals surface area (Å²) in [7, 11) is 0. The van der Waals surface area contributed by atoms with Gasteiger partial charge in [-0.2, -0.15) is 5.10 Å². The van der Waals surface area contributed by atoms with Crippen LogP contribution in [0.3, 0.4) is 0 Å². The second-order valence-electron chi connectivity index (χ2n) is 7.35. The Morgan fingerprint density at radius 1 is 1.16 bits per heavy atom. The summed E-state index contributed by atoms with van der Waals surface area (Å²) in [6, 6.07) is 12.8. The van der Waals surface area contributed by atoms with E-state index in [0.717, 1.165) is 11.3 Å². The van der Waals surface area contributed by atoms with Crippen LogP contribution in [0.2, 0.25) is 0 Å². The zero-order valence-corrected chi connectivity index (χ0v) is 17.9. The lowest BCUT2D eigenvalue weighted by atomic mass is 10.1. The first-order valence-corrected chi connectivity index (χ1v) is 11.1. The van der Waals surface area contributed by atoms with Crippen LogP contribution in [-0.4, -0.2) is 45.8 Å². The average Bonchev–Trinajstić information content (AvgIpc) is 3.50. The van der Waals surface area contributed by atoms with Crippen LogP contribution in [0.1, 0.15) is 28.1 Å². The molecule has 0 atom stereocenters. The van der Waals surface area contributed by atoms with Crippen molar-refractivity contribution in [3.05, 3.63) is 70.7 Å². The lowest BCUT2D eigenvalue weighted by Crippen LogP contribution is -2.28. The van der Waals surface area contributed by atoms with Crippen LogP contribution < -0.4 is 5.32 Å². The summed E-state index contributed by atoms with van der Waals surface area (Å²) in [4.78, 5) is 30.1. The van der Waals surface area contributed by atoms with Crippen LogP contribution in [0.25, 0.3) is 16.9 Å². The Kier molecular flexibility index (Phi) is 5.66. The van der Waals surface area contributed by atoms with Gasteiger partial charge in [-0.15, -0.1) is 11.3 Å². The summed E-state index contributed by atoms with van der Waals surface area (Å²) < 4.78 is 12.4. The molecule has 4 heterocycles. The fraction of sp³-hybridized carbons (Fsp3) is 0.217. The van der Waals surface area contributed by atoms with Gasteiger partial charge in [0.05, 0.1) is 35.5 Å². The van der Waals surface area contributed by atoms with Crippen molar-refractivity contribution in [1.82, 2.24) is 14.6 Å². The molecule has 1 aromatic carbocycles. The quantitative estimate of drug-likeness (QED) is 0.454. The van der Waals surface area contributed by atoms with Crippen LogP contribution in [-0.2, 0) is 9.47 Å². The highest BCUT2D eigenvalue weighted by Crippen LogP contribution is 2.25. The van der Waals surface area contributed by atoms with Crippen LogP contribution in [0.4, 0.5) is 10.5 Å². The van der Waals surface area contributed by atoms with Gasteiger partial charge >= 0.3 is 6.09 Å². The fourth-order valence-corrected chi connectivity index (χ4v) is 4.34. The third-order valence-electron chi connectivity index (χ3n) is 5.24. The van der Waals surface area contributed by atoms with Gasteiger partial charge in [-0.3, -0.25) is 10.1 Å². The monoisotopic (exact) mass is 448 g/mol. The van der Waals surface area contributed by atoms with Crippen molar-refractivity contribution in [2.45, 2.75) is 18.9 Å². The molecule has 1 fully saturated rings. The number of rotatable bonds is 5. The molecule has 1 aliphatic rings. The van der Waals surface area contributed by atoms with E-state index in [4.69, 9.17) is 9.47 Å². The topological polar surface area (TPSA) is 94.8 Å². The van der Waals surface area contributed by atoms with Gasteiger partial charge in [0.2, 0.25) is 5.78 Å². The number of nitrogens with one attached hydrogen (secondary N) is 1. The number of aromatic nitrogens is 3. The molecule has 8 nitrogen and oxygen atoms in total. The second-order valence-corrected chi connectivity index (χ2v) is 8.30. The van der Waals surface area contributed by atoms with E-state index in [0.29, 0.717) is 47.8 Å². The number of thiophene rings is 1. The number of nitrogens with zero attached hydrogens (tertiary/aromatic N) is 3. The van der Waals surface area contributed by atoms with Crippen molar-refractivity contribution >= 4 is 34.5 Å². The van der Waals surface area contributed by atoms with E-state index in [9.17, 15) is 9.59 Å². The van der Waals surface area contributed by atoms with Crippen molar-refractivity contribution < 1.29 is 19.1 Å². The highest BCUT2D eigenvalue weighted by molar-refractivity contribution is 7.12. The van der Waals surface area contributed by atoms with Gasteiger partial charge in [-0.1, -0.05) is 18.2 Å². The number of ether oxygens (including phenoxy) is 2. The van der Waals surface area contributed by atoms with Crippen molar-refractivity contribution in [1.29, 1.82) is 0 Å². The first-order valence-electron chi connectivity index (χ1n) is 10.3. The van der Waals surface area contributed by atoms with Crippen LogP contribution in [0.5, 0.6) is 0 Å². The number of amides is 1. The van der Waals surface area contributed by atoms with Gasteiger partial charge in [0, 0.05) is 30.3 Å². The standard InChI is InChI=1S/C23H20N4O4S/c28-21(20-5-2-12-32-20)18-14-25-27-19(6-9-24-22(18)27)15-3-1-4-16(13-15)26-23(29)31-17-7-10-30-11-8-17/h1-6,9,12-14,17H,7-8,10-11H2,(H,26,29). The van der Waals surface area contributed by atoms with E-state index < -0.39 is 6.09 Å². The predicted octanol–water partition coefficient (Wildman–Crippen LogP) is 4.42. The van der Waals surface area contributed by atoms with Crippen molar-refractivity contribution in [2.24, 2.45) is 0 Å². The maximum absolute atomic E-state index is 12.8. The summed E-state index contributed by atoms with van der Waals surface area (Å²) in [5.74, 6) is -0.106. The Morgan fingerprint density at radius 3 is 2.84 bits per heavy atom. The molecule has 3 aromatic heterocycles. The van der Waals surface area contributed by atoms with Gasteiger partial charge in [0.25, 0.3) is 0 Å². The largest absolute Gasteiger partial charge is 0.446 e. The van der Waals surface area contributed by atoms with Crippen molar-refractivity contribution in [2.75, 3.05) is 18.5 Å². The number of carbonyl (C=O) groups excluding carboxylic acids is 2. The van der Waals surface area contributed by atoms with E-state index in [1.807, 2.05) is 35.7 Å². The number of anilines is 1. The molecule has 0 aliphatic carbocycles. The SMILES string of the molecule is O=C(Nc1cccc(-c2ccnc3c(C(=O)c4cccs4)cnn23)c1)OC1CCOCC1. The Bertz CT molecular complexity index is 1260. The minimum absolute atomic E-state index is 0.106. The van der Waals surface area contributed by atoms with Gasteiger partial charge < -0.3 is 9.47 Å². The third-order valence-corrected chi connectivity index (χ3v) is 6.11. The molecular formula is C23H20N4O4S. The smallest absolute Gasteiger partial charge is 0.411 e. The summed E-state index contributed by atoms with van der Waals surface area (Å²) in [6.45, 7) is 1.21. The minimum atomic E-state index is -0.489. The maximum atomic E-state index is 12.8. The summed E-state index contributed by atoms with van der Waals surface area (Å²) >= 11 is 1.38. The number of hydrogen-bond acceptors (Lipinski definition) is 7. The molecular weight excluding hydrogens is 428 g/mol. The third kappa shape index (κ3) is 4.12. The first kappa shape index (κ1) is 20.3. The second kappa shape index (κ2) is 8.89. The van der Waals surface area contributed by atoms with E-state index in [1.165, 1.54) is 11.3 Å². The van der Waals surface area contributed by atoms with E-state index in [1.54, 1.807) is 29.0 Å². The maximum Gasteiger partial charge on any atom is 0.411 e. The van der Waals surface area contributed by atoms with E-state index in [-0.39, 0.29) is 11.9 Å². The van der Waals surface area contributed by atoms with Crippen LogP contribution >= 0.6 is 11.3 Å². The fourth-order valence-electron chi connectivity index (χ4n) is 3.66. The zero-order valence-electron chi connectivity index (χ0n) is 17.1. The lowest BCUT2D eigenvalue weighted by molar-refractivity contribution is 0.00592. The molecule has 32 heavy (non-hydrogen) atoms. The molecule has 4 aromatic rings. The number of benzene rings is 1. The lowest BCUT2D eigenvalue weighted by Gasteiger charge is -2.22. The molecule has 0 saturated carbocycles. The van der Waals surface area contributed by atoms with E-state index in [2.05, 4.69) is 15.4 Å². The molecule has 0 bridgehead atoms. The molecule has 0 spiro atoms. The Balaban J connectivity index is 1.39. The molecule has 1 saturated heterocycles.